The van der Waals surface area contributed by atoms with Gasteiger partial charge in [-0.15, -0.1) is 11.8 Å². The lowest BCUT2D eigenvalue weighted by Crippen LogP contribution is -2.01. The standard InChI is InChI=1S/C14H12ClFOS/c15-13-7-2-1-6-12(13)14(17)9-18-11-5-3-4-10(16)8-11/h1-8,14,17H,9H2. The van der Waals surface area contributed by atoms with E-state index in [1.165, 1.54) is 23.9 Å². The molecule has 0 saturated heterocycles. The van der Waals surface area contributed by atoms with E-state index in [0.717, 1.165) is 4.90 Å². The zero-order chi connectivity index (χ0) is 13.0. The maximum atomic E-state index is 13.0. The summed E-state index contributed by atoms with van der Waals surface area (Å²) in [6.07, 6.45) is -0.660. The van der Waals surface area contributed by atoms with Crippen molar-refractivity contribution in [3.05, 3.63) is 64.9 Å². The minimum atomic E-state index is -0.660. The van der Waals surface area contributed by atoms with Crippen molar-refractivity contribution in [3.63, 3.8) is 0 Å². The predicted octanol–water partition coefficient (Wildman–Crippen LogP) is 4.30. The van der Waals surface area contributed by atoms with Crippen LogP contribution in [0.25, 0.3) is 0 Å². The second kappa shape index (κ2) is 6.23. The molecule has 0 aliphatic carbocycles. The van der Waals surface area contributed by atoms with Crippen LogP contribution in [0, 0.1) is 5.82 Å². The van der Waals surface area contributed by atoms with Crippen LogP contribution in [0.15, 0.2) is 53.4 Å². The van der Waals surface area contributed by atoms with Gasteiger partial charge in [-0.3, -0.25) is 0 Å². The minimum absolute atomic E-state index is 0.271. The molecule has 18 heavy (non-hydrogen) atoms. The van der Waals surface area contributed by atoms with Crippen LogP contribution in [0.5, 0.6) is 0 Å². The molecule has 0 radical (unpaired) electrons. The summed E-state index contributed by atoms with van der Waals surface area (Å²) in [4.78, 5) is 0.793. The number of benzene rings is 2. The summed E-state index contributed by atoms with van der Waals surface area (Å²) in [6, 6.07) is 13.5. The lowest BCUT2D eigenvalue weighted by Gasteiger charge is -2.12. The summed E-state index contributed by atoms with van der Waals surface area (Å²) in [6.45, 7) is 0. The molecule has 2 aromatic rings. The Kier molecular flexibility index (Phi) is 4.64. The van der Waals surface area contributed by atoms with Gasteiger partial charge in [0.2, 0.25) is 0 Å². The number of halogens is 2. The Morgan fingerprint density at radius 2 is 1.94 bits per heavy atom. The zero-order valence-corrected chi connectivity index (χ0v) is 11.1. The average molecular weight is 283 g/mol. The van der Waals surface area contributed by atoms with E-state index in [-0.39, 0.29) is 5.82 Å². The molecule has 0 spiro atoms. The van der Waals surface area contributed by atoms with Crippen LogP contribution in [0.4, 0.5) is 4.39 Å². The highest BCUT2D eigenvalue weighted by atomic mass is 35.5. The van der Waals surface area contributed by atoms with Crippen LogP contribution < -0.4 is 0 Å². The Morgan fingerprint density at radius 1 is 1.17 bits per heavy atom. The van der Waals surface area contributed by atoms with Crippen LogP contribution >= 0.6 is 23.4 Å². The molecule has 2 rings (SSSR count). The third-order valence-electron chi connectivity index (χ3n) is 2.47. The van der Waals surface area contributed by atoms with Crippen molar-refractivity contribution in [2.24, 2.45) is 0 Å². The van der Waals surface area contributed by atoms with Gasteiger partial charge in [0.25, 0.3) is 0 Å². The largest absolute Gasteiger partial charge is 0.387 e. The van der Waals surface area contributed by atoms with Crippen LogP contribution in [-0.2, 0) is 0 Å². The molecule has 0 heterocycles. The monoisotopic (exact) mass is 282 g/mol. The van der Waals surface area contributed by atoms with Crippen molar-refractivity contribution in [1.82, 2.24) is 0 Å². The number of thioether (sulfide) groups is 1. The van der Waals surface area contributed by atoms with Crippen LogP contribution in [0.1, 0.15) is 11.7 Å². The summed E-state index contributed by atoms with van der Waals surface area (Å²) < 4.78 is 13.0. The van der Waals surface area contributed by atoms with Crippen LogP contribution in [-0.4, -0.2) is 10.9 Å². The van der Waals surface area contributed by atoms with Crippen LogP contribution in [0.3, 0.4) is 0 Å². The number of hydrogen-bond acceptors (Lipinski definition) is 2. The van der Waals surface area contributed by atoms with Crippen molar-refractivity contribution in [3.8, 4) is 0 Å². The fraction of sp³-hybridized carbons (Fsp3) is 0.143. The topological polar surface area (TPSA) is 20.2 Å². The normalized spacial score (nSPS) is 12.4. The maximum Gasteiger partial charge on any atom is 0.124 e. The summed E-state index contributed by atoms with van der Waals surface area (Å²) in [5, 5.41) is 10.6. The SMILES string of the molecule is OC(CSc1cccc(F)c1)c1ccccc1Cl. The van der Waals surface area contributed by atoms with Crippen LogP contribution in [0.2, 0.25) is 5.02 Å². The highest BCUT2D eigenvalue weighted by Gasteiger charge is 2.11. The third-order valence-corrected chi connectivity index (χ3v) is 3.88. The molecule has 4 heteroatoms. The number of aliphatic hydroxyl groups is 1. The van der Waals surface area contributed by atoms with E-state index in [0.29, 0.717) is 16.3 Å². The van der Waals surface area contributed by atoms with Gasteiger partial charge in [-0.05, 0) is 29.8 Å². The van der Waals surface area contributed by atoms with Gasteiger partial charge >= 0.3 is 0 Å². The predicted molar refractivity (Wildman–Crippen MR) is 73.5 cm³/mol. The molecule has 0 fully saturated rings. The Hall–Kier alpha value is -1.03. The van der Waals surface area contributed by atoms with Gasteiger partial charge in [-0.2, -0.15) is 0 Å². The van der Waals surface area contributed by atoms with Gasteiger partial charge < -0.3 is 5.11 Å². The van der Waals surface area contributed by atoms with E-state index in [4.69, 9.17) is 11.6 Å². The van der Waals surface area contributed by atoms with E-state index in [2.05, 4.69) is 0 Å². The van der Waals surface area contributed by atoms with Crippen molar-refractivity contribution < 1.29 is 9.50 Å². The minimum Gasteiger partial charge on any atom is -0.387 e. The Bertz CT molecular complexity index is 533. The molecule has 94 valence electrons. The Labute approximate surface area is 115 Å². The molecule has 1 nitrogen and oxygen atoms in total. The van der Waals surface area contributed by atoms with Crippen molar-refractivity contribution >= 4 is 23.4 Å². The Balaban J connectivity index is 2.00. The number of aliphatic hydroxyl groups excluding tert-OH is 1. The van der Waals surface area contributed by atoms with Gasteiger partial charge in [0.1, 0.15) is 5.82 Å². The first-order chi connectivity index (χ1) is 8.66. The van der Waals surface area contributed by atoms with Crippen molar-refractivity contribution in [2.45, 2.75) is 11.0 Å². The molecule has 0 amide bonds. The van der Waals surface area contributed by atoms with E-state index in [9.17, 15) is 9.50 Å². The molecule has 0 saturated carbocycles. The fourth-order valence-electron chi connectivity index (χ4n) is 1.57. The first-order valence-electron chi connectivity index (χ1n) is 5.47. The molecule has 1 N–H and O–H groups in total. The number of hydrogen-bond donors (Lipinski definition) is 1. The molecule has 2 aromatic carbocycles. The summed E-state index contributed by atoms with van der Waals surface area (Å²) in [5.41, 5.74) is 0.697. The average Bonchev–Trinajstić information content (AvgIpc) is 2.37. The Morgan fingerprint density at radius 3 is 2.67 bits per heavy atom. The first-order valence-corrected chi connectivity index (χ1v) is 6.84. The first kappa shape index (κ1) is 13.4. The number of rotatable bonds is 4. The molecule has 1 unspecified atom stereocenters. The molecule has 0 aliphatic heterocycles. The highest BCUT2D eigenvalue weighted by molar-refractivity contribution is 7.99. The molecule has 1 atom stereocenters. The van der Waals surface area contributed by atoms with Crippen molar-refractivity contribution in [2.75, 3.05) is 5.75 Å². The molecular weight excluding hydrogens is 271 g/mol. The lowest BCUT2D eigenvalue weighted by molar-refractivity contribution is 0.204. The van der Waals surface area contributed by atoms with Gasteiger partial charge in [0, 0.05) is 15.7 Å². The smallest absolute Gasteiger partial charge is 0.124 e. The van der Waals surface area contributed by atoms with Gasteiger partial charge in [0.05, 0.1) is 6.10 Å². The molecule has 0 aliphatic rings. The van der Waals surface area contributed by atoms with E-state index in [1.807, 2.05) is 18.2 Å². The van der Waals surface area contributed by atoms with Gasteiger partial charge in [0.15, 0.2) is 0 Å². The fourth-order valence-corrected chi connectivity index (χ4v) is 2.73. The summed E-state index contributed by atoms with van der Waals surface area (Å²) in [7, 11) is 0. The van der Waals surface area contributed by atoms with Crippen molar-refractivity contribution in [1.29, 1.82) is 0 Å². The second-order valence-electron chi connectivity index (χ2n) is 3.81. The molecule has 0 aromatic heterocycles. The van der Waals surface area contributed by atoms with Gasteiger partial charge in [-0.1, -0.05) is 35.9 Å². The lowest BCUT2D eigenvalue weighted by atomic mass is 10.1. The van der Waals surface area contributed by atoms with Gasteiger partial charge in [-0.25, -0.2) is 4.39 Å². The molecular formula is C14H12ClFOS. The zero-order valence-electron chi connectivity index (χ0n) is 9.51. The van der Waals surface area contributed by atoms with E-state index < -0.39 is 6.10 Å². The third kappa shape index (κ3) is 3.48. The maximum absolute atomic E-state index is 13.0. The summed E-state index contributed by atoms with van der Waals surface area (Å²) >= 11 is 7.39. The van der Waals surface area contributed by atoms with E-state index >= 15 is 0 Å². The quantitative estimate of drug-likeness (QED) is 0.844. The highest BCUT2D eigenvalue weighted by Crippen LogP contribution is 2.28. The summed E-state index contributed by atoms with van der Waals surface area (Å²) in [5.74, 6) is 0.167. The van der Waals surface area contributed by atoms with E-state index in [1.54, 1.807) is 18.2 Å². The molecule has 0 bridgehead atoms. The second-order valence-corrected chi connectivity index (χ2v) is 5.31.